The number of aromatic nitrogens is 1. The first kappa shape index (κ1) is 14.0. The molecule has 0 spiro atoms. The number of sulfonamides is 1. The molecule has 4 aromatic rings. The normalized spacial score (nSPS) is 25.7. The predicted octanol–water partition coefficient (Wildman–Crippen LogP) is 5.70. The molecule has 0 aliphatic heterocycles. The van der Waals surface area contributed by atoms with Gasteiger partial charge in [-0.3, -0.25) is 10.1 Å². The Kier molecular flexibility index (Phi) is 3.99. The van der Waals surface area contributed by atoms with E-state index in [0.717, 1.165) is 28.8 Å². The number of anilines is 1. The molecule has 0 radical (unpaired) electrons. The van der Waals surface area contributed by atoms with Gasteiger partial charge in [-0.2, -0.15) is 0 Å². The summed E-state index contributed by atoms with van der Waals surface area (Å²) in [5.41, 5.74) is -0.832. The number of carbonyl (C=O) groups excluding carboxylic acids is 2. The molecule has 1 aromatic heterocycles. The average Bonchev–Trinajstić information content (AvgIpc) is 3.46. The second-order valence-corrected chi connectivity index (χ2v) is 10.4. The van der Waals surface area contributed by atoms with Crippen LogP contribution in [0.25, 0.3) is 10.9 Å². The Morgan fingerprint density at radius 2 is 1.90 bits per heavy atom. The van der Waals surface area contributed by atoms with Gasteiger partial charge in [0.1, 0.15) is 11.9 Å². The highest BCUT2D eigenvalue weighted by atomic mass is 32.2. The van der Waals surface area contributed by atoms with Gasteiger partial charge in [-0.25, -0.2) is 17.9 Å². The van der Waals surface area contributed by atoms with Crippen molar-refractivity contribution in [3.63, 3.8) is 0 Å². The van der Waals surface area contributed by atoms with Crippen LogP contribution in [-0.4, -0.2) is 38.1 Å². The molecule has 5 rings (SSSR count). The van der Waals surface area contributed by atoms with Gasteiger partial charge in [-0.15, -0.1) is 0 Å². The summed E-state index contributed by atoms with van der Waals surface area (Å²) in [5.74, 6) is -1.74. The fraction of sp³-hybridized carbons (Fsp3) is 0.290. The van der Waals surface area contributed by atoms with Crippen LogP contribution in [0.3, 0.4) is 0 Å². The second-order valence-electron chi connectivity index (χ2n) is 8.74. The zero-order valence-electron chi connectivity index (χ0n) is 37.9. The molecule has 1 heterocycles. The molecule has 0 bridgehead atoms. The van der Waals surface area contributed by atoms with Crippen molar-refractivity contribution in [3.8, 4) is 5.75 Å². The highest BCUT2D eigenvalue weighted by Gasteiger charge is 2.22. The first-order chi connectivity index (χ1) is 26.2. The van der Waals surface area contributed by atoms with Crippen LogP contribution in [0, 0.1) is 6.85 Å². The molecule has 0 saturated heterocycles. The standard InChI is InChI=1S/C31H33N3O6S/c1-20-8-4-7-11-29(20)41(37,38)33-30(35)22-13-12-21(28(17-22)39-3)16-23-19-34(2)27-15-14-24(18-26(23)27)32-31(36)40-25-9-5-6-10-25/h4,7-8,11-15,17-19,25H,5-6,9-10,16H2,1-3H3,(H,32,36)(H,33,35)/i1D3,2D3,3D3,5D2,6D2,9D2,10D2. The van der Waals surface area contributed by atoms with E-state index < -0.39 is 96.3 Å². The number of hydrogen-bond donors (Lipinski definition) is 2. The van der Waals surface area contributed by atoms with Gasteiger partial charge in [-0.05, 0) is 85.4 Å². The van der Waals surface area contributed by atoms with E-state index in [9.17, 15) is 18.0 Å². The third-order valence-corrected chi connectivity index (χ3v) is 7.44. The van der Waals surface area contributed by atoms with E-state index in [1.54, 1.807) is 4.72 Å². The Morgan fingerprint density at radius 3 is 2.68 bits per heavy atom. The van der Waals surface area contributed by atoms with Crippen molar-refractivity contribution in [2.24, 2.45) is 6.98 Å². The number of hydrogen-bond acceptors (Lipinski definition) is 6. The SMILES string of the molecule is [2H]C([2H])([2H])Oc1cc(C(=O)NS(=O)(=O)c2ccccc2C([2H])([2H])[2H])ccc1Cc1cn(C([2H])([2H])[2H])c2ccc(NC(=O)OC3C([2H])([2H])C([2H])([2H])C([2H])([2H])C3([2H])[2H])cc12. The minimum absolute atomic E-state index is 0.0416. The topological polar surface area (TPSA) is 116 Å². The van der Waals surface area contributed by atoms with Crippen LogP contribution in [-0.2, 0) is 28.2 Å². The Morgan fingerprint density at radius 1 is 1.07 bits per heavy atom. The van der Waals surface area contributed by atoms with Crippen molar-refractivity contribution in [2.75, 3.05) is 12.4 Å². The molecule has 41 heavy (non-hydrogen) atoms. The molecular weight excluding hydrogens is 542 g/mol. The van der Waals surface area contributed by atoms with E-state index in [-0.39, 0.29) is 34.1 Å². The van der Waals surface area contributed by atoms with E-state index in [1.807, 2.05) is 0 Å². The van der Waals surface area contributed by atoms with Crippen molar-refractivity contribution in [2.45, 2.75) is 49.8 Å². The number of rotatable bonds is 8. The number of nitrogens with one attached hydrogen (secondary N) is 2. The highest BCUT2D eigenvalue weighted by molar-refractivity contribution is 7.90. The van der Waals surface area contributed by atoms with Gasteiger partial charge in [0.15, 0.2) is 0 Å². The van der Waals surface area contributed by atoms with Crippen molar-refractivity contribution >= 4 is 38.6 Å². The van der Waals surface area contributed by atoms with Crippen molar-refractivity contribution in [1.29, 1.82) is 0 Å². The molecule has 0 atom stereocenters. The maximum Gasteiger partial charge on any atom is 0.411 e. The average molecular weight is 593 g/mol. The molecule has 1 saturated carbocycles. The molecule has 10 heteroatoms. The largest absolute Gasteiger partial charge is 0.496 e. The summed E-state index contributed by atoms with van der Waals surface area (Å²) in [7, 11) is -7.90. The van der Waals surface area contributed by atoms with Crippen molar-refractivity contribution in [3.05, 3.63) is 89.1 Å². The number of aryl methyl sites for hydroxylation is 2. The van der Waals surface area contributed by atoms with E-state index in [4.69, 9.17) is 32.8 Å². The van der Waals surface area contributed by atoms with Crippen LogP contribution in [0.5, 0.6) is 5.75 Å². The Labute approximate surface area is 263 Å². The van der Waals surface area contributed by atoms with Gasteiger partial charge in [0.25, 0.3) is 15.9 Å². The fourth-order valence-electron chi connectivity index (χ4n) is 4.15. The second kappa shape index (κ2) is 11.7. The van der Waals surface area contributed by atoms with Crippen LogP contribution in [0.1, 0.15) is 75.8 Å². The monoisotopic (exact) mass is 592 g/mol. The van der Waals surface area contributed by atoms with E-state index >= 15 is 0 Å². The van der Waals surface area contributed by atoms with Gasteiger partial charge in [-0.1, -0.05) is 24.3 Å². The van der Waals surface area contributed by atoms with Gasteiger partial charge >= 0.3 is 6.09 Å². The van der Waals surface area contributed by atoms with Crippen LogP contribution >= 0.6 is 0 Å². The third kappa shape index (κ3) is 6.22. The lowest BCUT2D eigenvalue weighted by molar-refractivity contribution is 0.0980. The molecule has 214 valence electrons. The number of benzene rings is 3. The zero-order chi connectivity index (χ0) is 43.8. The molecule has 9 nitrogen and oxygen atoms in total. The van der Waals surface area contributed by atoms with Gasteiger partial charge < -0.3 is 14.0 Å². The number of amides is 2. The van der Waals surface area contributed by atoms with E-state index in [2.05, 4.69) is 5.32 Å². The number of fused-ring (bicyclic) bond motifs is 1. The molecular formula is C31H33N3O6S. The molecule has 3 aromatic carbocycles. The number of ether oxygens (including phenoxy) is 2. The zero-order valence-corrected chi connectivity index (χ0v) is 21.8. The molecule has 0 unspecified atom stereocenters. The van der Waals surface area contributed by atoms with Crippen molar-refractivity contribution in [1.82, 2.24) is 9.29 Å². The number of nitrogens with zero attached hydrogens (tertiary/aromatic N) is 1. The first-order valence-electron chi connectivity index (χ1n) is 20.3. The minimum Gasteiger partial charge on any atom is -0.496 e. The van der Waals surface area contributed by atoms with Gasteiger partial charge in [0.2, 0.25) is 0 Å². The minimum atomic E-state index is -4.78. The lowest BCUT2D eigenvalue weighted by atomic mass is 10.0. The molecule has 1 aliphatic carbocycles. The van der Waals surface area contributed by atoms with Crippen LogP contribution in [0.15, 0.2) is 71.8 Å². The van der Waals surface area contributed by atoms with Gasteiger partial charge in [0, 0.05) is 60.9 Å². The lowest BCUT2D eigenvalue weighted by Gasteiger charge is -2.13. The van der Waals surface area contributed by atoms with E-state index in [1.165, 1.54) is 42.6 Å². The summed E-state index contributed by atoms with van der Waals surface area (Å²) < 4.78 is 173. The Hall–Kier alpha value is -4.31. The first-order valence-corrected chi connectivity index (χ1v) is 13.3. The van der Waals surface area contributed by atoms with Gasteiger partial charge in [0.05, 0.1) is 16.0 Å². The quantitative estimate of drug-likeness (QED) is 0.271. The highest BCUT2D eigenvalue weighted by Crippen LogP contribution is 2.30. The number of carbonyl (C=O) groups is 2. The smallest absolute Gasteiger partial charge is 0.411 e. The Bertz CT molecular complexity index is 2360. The summed E-state index contributed by atoms with van der Waals surface area (Å²) >= 11 is 0. The molecule has 2 N–H and O–H groups in total. The summed E-state index contributed by atoms with van der Waals surface area (Å²) in [5, 5.41) is 2.35. The predicted molar refractivity (Wildman–Crippen MR) is 157 cm³/mol. The third-order valence-electron chi connectivity index (χ3n) is 6.05. The number of methoxy groups -OCH3 is 1. The van der Waals surface area contributed by atoms with Crippen LogP contribution < -0.4 is 14.8 Å². The Balaban J connectivity index is 1.49. The van der Waals surface area contributed by atoms with Crippen LogP contribution in [0.4, 0.5) is 10.5 Å². The lowest BCUT2D eigenvalue weighted by Crippen LogP contribution is -2.31. The summed E-state index contributed by atoms with van der Waals surface area (Å²) in [6, 6.07) is 11.6. The van der Waals surface area contributed by atoms with Crippen molar-refractivity contribution < 1.29 is 50.8 Å². The summed E-state index contributed by atoms with van der Waals surface area (Å²) in [6.45, 7) is -5.65. The summed E-state index contributed by atoms with van der Waals surface area (Å²) in [4.78, 5) is 25.5. The fourth-order valence-corrected chi connectivity index (χ4v) is 5.24. The van der Waals surface area contributed by atoms with E-state index in [0.29, 0.717) is 0 Å². The van der Waals surface area contributed by atoms with Crippen LogP contribution in [0.2, 0.25) is 0 Å². The maximum atomic E-state index is 13.2. The molecule has 1 fully saturated rings. The summed E-state index contributed by atoms with van der Waals surface area (Å²) in [6.07, 6.45) is -16.7. The molecule has 1 aliphatic rings. The maximum absolute atomic E-state index is 13.2. The molecule has 2 amide bonds.